The van der Waals surface area contributed by atoms with E-state index in [-0.39, 0.29) is 0 Å². The second-order valence-electron chi connectivity index (χ2n) is 6.89. The molecule has 144 valence electrons. The molecule has 2 aromatic carbocycles. The van der Waals surface area contributed by atoms with Crippen molar-refractivity contribution in [3.05, 3.63) is 72.2 Å². The second kappa shape index (κ2) is 6.94. The van der Waals surface area contributed by atoms with Crippen LogP contribution in [0.15, 0.2) is 66.2 Å². The number of aryl methyl sites for hydroxylation is 1. The molecule has 0 aliphatic heterocycles. The SMILES string of the molecule is COc1ccc(-c2nc3cnccn3c2Nc2ccc3c(c2)CC/C3=N\O)cc1. The maximum atomic E-state index is 9.15. The summed E-state index contributed by atoms with van der Waals surface area (Å²) in [5.41, 5.74) is 6.45. The summed E-state index contributed by atoms with van der Waals surface area (Å²) in [6.45, 7) is 0. The number of hydrogen-bond donors (Lipinski definition) is 2. The molecule has 7 heteroatoms. The summed E-state index contributed by atoms with van der Waals surface area (Å²) in [6.07, 6.45) is 7.00. The smallest absolute Gasteiger partial charge is 0.157 e. The van der Waals surface area contributed by atoms with Gasteiger partial charge in [-0.1, -0.05) is 11.2 Å². The van der Waals surface area contributed by atoms with Gasteiger partial charge in [-0.05, 0) is 54.8 Å². The van der Waals surface area contributed by atoms with Gasteiger partial charge in [0.25, 0.3) is 0 Å². The molecule has 0 bridgehead atoms. The lowest BCUT2D eigenvalue weighted by Crippen LogP contribution is -1.99. The monoisotopic (exact) mass is 385 g/mol. The van der Waals surface area contributed by atoms with Crippen molar-refractivity contribution in [1.82, 2.24) is 14.4 Å². The number of nitrogens with zero attached hydrogens (tertiary/aromatic N) is 4. The molecule has 5 rings (SSSR count). The minimum absolute atomic E-state index is 0.742. The maximum Gasteiger partial charge on any atom is 0.157 e. The second-order valence-corrected chi connectivity index (χ2v) is 6.89. The minimum Gasteiger partial charge on any atom is -0.497 e. The predicted molar refractivity (Wildman–Crippen MR) is 111 cm³/mol. The van der Waals surface area contributed by atoms with Crippen molar-refractivity contribution in [2.75, 3.05) is 12.4 Å². The third-order valence-corrected chi connectivity index (χ3v) is 5.22. The number of methoxy groups -OCH3 is 1. The molecule has 7 nitrogen and oxygen atoms in total. The number of hydrogen-bond acceptors (Lipinski definition) is 6. The van der Waals surface area contributed by atoms with E-state index in [0.717, 1.165) is 58.3 Å². The zero-order valence-electron chi connectivity index (χ0n) is 15.8. The molecule has 29 heavy (non-hydrogen) atoms. The number of benzene rings is 2. The van der Waals surface area contributed by atoms with Gasteiger partial charge in [0.2, 0.25) is 0 Å². The summed E-state index contributed by atoms with van der Waals surface area (Å²) in [5, 5.41) is 16.1. The molecule has 0 spiro atoms. The first kappa shape index (κ1) is 17.2. The molecule has 2 N–H and O–H groups in total. The quantitative estimate of drug-likeness (QED) is 0.405. The van der Waals surface area contributed by atoms with Gasteiger partial charge in [0.05, 0.1) is 19.0 Å². The van der Waals surface area contributed by atoms with Crippen LogP contribution in [0.4, 0.5) is 11.5 Å². The number of imidazole rings is 1. The van der Waals surface area contributed by atoms with Gasteiger partial charge in [0.15, 0.2) is 5.65 Å². The zero-order valence-corrected chi connectivity index (χ0v) is 15.8. The average Bonchev–Trinajstić information content (AvgIpc) is 3.35. The van der Waals surface area contributed by atoms with Crippen LogP contribution in [-0.2, 0) is 6.42 Å². The van der Waals surface area contributed by atoms with Crippen molar-refractivity contribution in [2.24, 2.45) is 5.16 Å². The molecule has 0 saturated heterocycles. The lowest BCUT2D eigenvalue weighted by atomic mass is 10.1. The lowest BCUT2D eigenvalue weighted by Gasteiger charge is -2.11. The van der Waals surface area contributed by atoms with Crippen LogP contribution in [0.1, 0.15) is 17.5 Å². The van der Waals surface area contributed by atoms with E-state index in [1.165, 1.54) is 5.56 Å². The average molecular weight is 385 g/mol. The van der Waals surface area contributed by atoms with E-state index in [0.29, 0.717) is 0 Å². The Kier molecular flexibility index (Phi) is 4.13. The van der Waals surface area contributed by atoms with Crippen molar-refractivity contribution in [3.63, 3.8) is 0 Å². The molecular formula is C22H19N5O2. The summed E-state index contributed by atoms with van der Waals surface area (Å²) < 4.78 is 7.26. The zero-order chi connectivity index (χ0) is 19.8. The Morgan fingerprint density at radius 2 is 2.00 bits per heavy atom. The highest BCUT2D eigenvalue weighted by atomic mass is 16.5. The normalized spacial score (nSPS) is 14.3. The van der Waals surface area contributed by atoms with Crippen LogP contribution in [0, 0.1) is 0 Å². The molecule has 1 aliphatic carbocycles. The van der Waals surface area contributed by atoms with Crippen molar-refractivity contribution < 1.29 is 9.94 Å². The minimum atomic E-state index is 0.742. The summed E-state index contributed by atoms with van der Waals surface area (Å²) in [7, 11) is 1.65. The van der Waals surface area contributed by atoms with Gasteiger partial charge >= 0.3 is 0 Å². The van der Waals surface area contributed by atoms with Crippen molar-refractivity contribution in [3.8, 4) is 17.0 Å². The van der Waals surface area contributed by atoms with Crippen LogP contribution >= 0.6 is 0 Å². The van der Waals surface area contributed by atoms with Crippen LogP contribution in [-0.4, -0.2) is 32.4 Å². The van der Waals surface area contributed by atoms with Crippen molar-refractivity contribution in [2.45, 2.75) is 12.8 Å². The van der Waals surface area contributed by atoms with Crippen LogP contribution in [0.2, 0.25) is 0 Å². The van der Waals surface area contributed by atoms with Gasteiger partial charge in [0.1, 0.15) is 17.3 Å². The molecule has 2 aromatic heterocycles. The standard InChI is InChI=1S/C22H19N5O2/c1-29-17-6-2-14(3-7-17)21-22(27-11-10-23-13-20(27)25-21)24-16-5-8-18-15(12-16)4-9-19(18)26-28/h2-3,5-8,10-13,24,28H,4,9H2,1H3/b26-19+. The van der Waals surface area contributed by atoms with Gasteiger partial charge in [0, 0.05) is 29.2 Å². The van der Waals surface area contributed by atoms with E-state index in [2.05, 4.69) is 21.5 Å². The number of nitrogens with one attached hydrogen (secondary N) is 1. The molecule has 0 amide bonds. The molecule has 0 unspecified atom stereocenters. The summed E-state index contributed by atoms with van der Waals surface area (Å²) in [5.74, 6) is 1.66. The number of ether oxygens (including phenoxy) is 1. The van der Waals surface area contributed by atoms with Gasteiger partial charge < -0.3 is 15.3 Å². The lowest BCUT2D eigenvalue weighted by molar-refractivity contribution is 0.318. The number of rotatable bonds is 4. The Labute approximate surface area is 167 Å². The summed E-state index contributed by atoms with van der Waals surface area (Å²) in [4.78, 5) is 8.97. The van der Waals surface area contributed by atoms with Crippen LogP contribution < -0.4 is 10.1 Å². The summed E-state index contributed by atoms with van der Waals surface area (Å²) >= 11 is 0. The van der Waals surface area contributed by atoms with Gasteiger partial charge in [-0.15, -0.1) is 0 Å². The topological polar surface area (TPSA) is 84.0 Å². The largest absolute Gasteiger partial charge is 0.497 e. The molecule has 4 aromatic rings. The van der Waals surface area contributed by atoms with Gasteiger partial charge in [-0.2, -0.15) is 0 Å². The van der Waals surface area contributed by atoms with Crippen molar-refractivity contribution in [1.29, 1.82) is 0 Å². The first-order chi connectivity index (χ1) is 14.3. The first-order valence-electron chi connectivity index (χ1n) is 9.34. The van der Waals surface area contributed by atoms with Crippen molar-refractivity contribution >= 4 is 22.9 Å². The molecule has 2 heterocycles. The van der Waals surface area contributed by atoms with E-state index < -0.39 is 0 Å². The Balaban J connectivity index is 1.59. The number of oxime groups is 1. The van der Waals surface area contributed by atoms with E-state index in [1.807, 2.05) is 47.0 Å². The van der Waals surface area contributed by atoms with E-state index in [1.54, 1.807) is 19.5 Å². The molecule has 0 saturated carbocycles. The van der Waals surface area contributed by atoms with Gasteiger partial charge in [-0.3, -0.25) is 9.38 Å². The molecule has 0 radical (unpaired) electrons. The molecule has 0 atom stereocenters. The van der Waals surface area contributed by atoms with Crippen LogP contribution in [0.5, 0.6) is 5.75 Å². The highest BCUT2D eigenvalue weighted by Crippen LogP contribution is 2.33. The summed E-state index contributed by atoms with van der Waals surface area (Å²) in [6, 6.07) is 13.9. The van der Waals surface area contributed by atoms with Crippen LogP contribution in [0.3, 0.4) is 0 Å². The Morgan fingerprint density at radius 1 is 1.14 bits per heavy atom. The van der Waals surface area contributed by atoms with E-state index >= 15 is 0 Å². The Morgan fingerprint density at radius 3 is 2.79 bits per heavy atom. The number of fused-ring (bicyclic) bond motifs is 2. The Bertz CT molecular complexity index is 1230. The molecule has 1 aliphatic rings. The number of aromatic nitrogens is 3. The molecule has 0 fully saturated rings. The van der Waals surface area contributed by atoms with Gasteiger partial charge in [-0.25, -0.2) is 4.98 Å². The van der Waals surface area contributed by atoms with E-state index in [4.69, 9.17) is 14.9 Å². The Hall–Kier alpha value is -3.87. The third kappa shape index (κ3) is 2.97. The highest BCUT2D eigenvalue weighted by Gasteiger charge is 2.20. The fourth-order valence-corrected chi connectivity index (χ4v) is 3.76. The fourth-order valence-electron chi connectivity index (χ4n) is 3.76. The van der Waals surface area contributed by atoms with Crippen LogP contribution in [0.25, 0.3) is 16.9 Å². The fraction of sp³-hybridized carbons (Fsp3) is 0.136. The number of anilines is 2. The van der Waals surface area contributed by atoms with E-state index in [9.17, 15) is 0 Å². The first-order valence-corrected chi connectivity index (χ1v) is 9.34. The molecular weight excluding hydrogens is 366 g/mol. The third-order valence-electron chi connectivity index (χ3n) is 5.22. The maximum absolute atomic E-state index is 9.15. The highest BCUT2D eigenvalue weighted by molar-refractivity contribution is 6.04. The predicted octanol–water partition coefficient (Wildman–Crippen LogP) is 4.27.